The molecule has 1 atom stereocenters. The Labute approximate surface area is 94.8 Å². The number of cyclic esters (lactones) is 1. The first-order chi connectivity index (χ1) is 7.50. The fourth-order valence-corrected chi connectivity index (χ4v) is 2.19. The molecule has 5 heteroatoms. The summed E-state index contributed by atoms with van der Waals surface area (Å²) >= 11 is 0. The number of amides is 1. The van der Waals surface area contributed by atoms with E-state index in [1.165, 1.54) is 0 Å². The summed E-state index contributed by atoms with van der Waals surface area (Å²) in [7, 11) is 0. The molecular formula is C11H17N3O2. The Bertz CT molecular complexity index is 423. The van der Waals surface area contributed by atoms with Crippen LogP contribution >= 0.6 is 0 Å². The molecule has 1 aromatic rings. The van der Waals surface area contributed by atoms with E-state index in [0.29, 0.717) is 12.6 Å². The Morgan fingerprint density at radius 3 is 2.62 bits per heavy atom. The van der Waals surface area contributed by atoms with Gasteiger partial charge in [0.25, 0.3) is 0 Å². The first-order valence-electron chi connectivity index (χ1n) is 5.50. The molecule has 2 heterocycles. The van der Waals surface area contributed by atoms with Gasteiger partial charge in [-0.05, 0) is 27.7 Å². The zero-order chi connectivity index (χ0) is 11.9. The first kappa shape index (κ1) is 11.0. The van der Waals surface area contributed by atoms with E-state index >= 15 is 0 Å². The molecule has 2 rings (SSSR count). The first-order valence-corrected chi connectivity index (χ1v) is 5.50. The van der Waals surface area contributed by atoms with Crippen LogP contribution in [0.3, 0.4) is 0 Å². The lowest BCUT2D eigenvalue weighted by molar-refractivity contribution is 0.140. The highest BCUT2D eigenvalue weighted by Gasteiger charge is 2.29. The molecule has 0 spiro atoms. The van der Waals surface area contributed by atoms with Crippen LogP contribution in [-0.2, 0) is 4.74 Å². The van der Waals surface area contributed by atoms with Gasteiger partial charge in [-0.1, -0.05) is 0 Å². The molecule has 1 aliphatic rings. The predicted octanol–water partition coefficient (Wildman–Crippen LogP) is 1.86. The van der Waals surface area contributed by atoms with Crippen molar-refractivity contribution in [3.05, 3.63) is 17.0 Å². The minimum atomic E-state index is -0.346. The molecule has 0 radical (unpaired) electrons. The number of hydrogen-bond acceptors (Lipinski definition) is 3. The highest BCUT2D eigenvalue weighted by atomic mass is 16.6. The molecule has 1 unspecified atom stereocenters. The van der Waals surface area contributed by atoms with E-state index in [1.54, 1.807) is 0 Å². The molecule has 0 aromatic carbocycles. The lowest BCUT2D eigenvalue weighted by Gasteiger charge is -2.11. The van der Waals surface area contributed by atoms with Gasteiger partial charge in [0, 0.05) is 17.3 Å². The number of ether oxygens (including phenoxy) is 1. The van der Waals surface area contributed by atoms with Gasteiger partial charge in [-0.2, -0.15) is 5.10 Å². The van der Waals surface area contributed by atoms with Gasteiger partial charge in [-0.15, -0.1) is 0 Å². The van der Waals surface area contributed by atoms with Crippen molar-refractivity contribution in [2.75, 3.05) is 6.54 Å². The largest absolute Gasteiger partial charge is 0.439 e. The summed E-state index contributed by atoms with van der Waals surface area (Å²) in [5.74, 6) is 0. The van der Waals surface area contributed by atoms with E-state index in [1.807, 2.05) is 18.5 Å². The van der Waals surface area contributed by atoms with Crippen molar-refractivity contribution in [3.8, 4) is 0 Å². The van der Waals surface area contributed by atoms with Crippen molar-refractivity contribution in [2.45, 2.75) is 39.8 Å². The summed E-state index contributed by atoms with van der Waals surface area (Å²) in [6, 6.07) is 0.317. The van der Waals surface area contributed by atoms with Crippen LogP contribution in [0.5, 0.6) is 0 Å². The second-order valence-corrected chi connectivity index (χ2v) is 4.40. The van der Waals surface area contributed by atoms with Crippen LogP contribution in [0.1, 0.15) is 42.9 Å². The average Bonchev–Trinajstić information content (AvgIpc) is 2.71. The Hall–Kier alpha value is -1.52. The number of aryl methyl sites for hydroxylation is 1. The van der Waals surface area contributed by atoms with Crippen LogP contribution in [0.15, 0.2) is 0 Å². The normalized spacial score (nSPS) is 20.1. The highest BCUT2D eigenvalue weighted by molar-refractivity contribution is 5.69. The van der Waals surface area contributed by atoms with Crippen LogP contribution in [0, 0.1) is 13.8 Å². The van der Waals surface area contributed by atoms with Gasteiger partial charge in [0.05, 0.1) is 12.2 Å². The molecule has 1 amide bonds. The summed E-state index contributed by atoms with van der Waals surface area (Å²) in [6.45, 7) is 8.67. The Kier molecular flexibility index (Phi) is 2.61. The molecule has 0 aliphatic carbocycles. The number of hydrogen-bond donors (Lipinski definition) is 1. The molecular weight excluding hydrogens is 206 g/mol. The topological polar surface area (TPSA) is 56.2 Å². The summed E-state index contributed by atoms with van der Waals surface area (Å²) in [5, 5.41) is 7.14. The SMILES string of the molecule is Cc1nn(C(C)C)c(C)c1C1CNC(=O)O1. The molecule has 88 valence electrons. The third-order valence-corrected chi connectivity index (χ3v) is 2.87. The highest BCUT2D eigenvalue weighted by Crippen LogP contribution is 2.28. The second kappa shape index (κ2) is 3.81. The lowest BCUT2D eigenvalue weighted by atomic mass is 10.1. The minimum absolute atomic E-state index is 0.194. The van der Waals surface area contributed by atoms with Gasteiger partial charge in [0.1, 0.15) is 6.10 Å². The van der Waals surface area contributed by atoms with Gasteiger partial charge in [0.2, 0.25) is 0 Å². The Morgan fingerprint density at radius 2 is 2.19 bits per heavy atom. The number of nitrogens with one attached hydrogen (secondary N) is 1. The lowest BCUT2D eigenvalue weighted by Crippen LogP contribution is -2.12. The van der Waals surface area contributed by atoms with Gasteiger partial charge < -0.3 is 10.1 Å². The average molecular weight is 223 g/mol. The van der Waals surface area contributed by atoms with Gasteiger partial charge in [-0.25, -0.2) is 4.79 Å². The molecule has 1 saturated heterocycles. The third kappa shape index (κ3) is 1.66. The third-order valence-electron chi connectivity index (χ3n) is 2.87. The predicted molar refractivity (Wildman–Crippen MR) is 59.3 cm³/mol. The monoisotopic (exact) mass is 223 g/mol. The van der Waals surface area contributed by atoms with Gasteiger partial charge in [0.15, 0.2) is 0 Å². The van der Waals surface area contributed by atoms with Crippen molar-refractivity contribution in [3.63, 3.8) is 0 Å². The van der Waals surface area contributed by atoms with Gasteiger partial charge >= 0.3 is 6.09 Å². The zero-order valence-corrected chi connectivity index (χ0v) is 10.1. The maximum Gasteiger partial charge on any atom is 0.407 e. The summed E-state index contributed by atoms with van der Waals surface area (Å²) < 4.78 is 7.17. The second-order valence-electron chi connectivity index (χ2n) is 4.40. The standard InChI is InChI=1S/C11H17N3O2/c1-6(2)14-8(4)10(7(3)13-14)9-5-12-11(15)16-9/h6,9H,5H2,1-4H3,(H,12,15). The number of nitrogens with zero attached hydrogens (tertiary/aromatic N) is 2. The molecule has 1 fully saturated rings. The van der Waals surface area contributed by atoms with Gasteiger partial charge in [-0.3, -0.25) is 4.68 Å². The van der Waals surface area contributed by atoms with Crippen LogP contribution in [0.2, 0.25) is 0 Å². The summed E-state index contributed by atoms with van der Waals surface area (Å²) in [6.07, 6.45) is -0.541. The maximum atomic E-state index is 11.0. The molecule has 1 aliphatic heterocycles. The molecule has 1 aromatic heterocycles. The molecule has 0 bridgehead atoms. The summed E-state index contributed by atoms with van der Waals surface area (Å²) in [5.41, 5.74) is 3.05. The van der Waals surface area contributed by atoms with Crippen LogP contribution in [0.25, 0.3) is 0 Å². The number of aromatic nitrogens is 2. The quantitative estimate of drug-likeness (QED) is 0.832. The smallest absolute Gasteiger partial charge is 0.407 e. The Morgan fingerprint density at radius 1 is 1.50 bits per heavy atom. The summed E-state index contributed by atoms with van der Waals surface area (Å²) in [4.78, 5) is 11.0. The molecule has 0 saturated carbocycles. The van der Waals surface area contributed by atoms with Crippen molar-refractivity contribution in [1.82, 2.24) is 15.1 Å². The van der Waals surface area contributed by atoms with E-state index in [4.69, 9.17) is 4.74 Å². The van der Waals surface area contributed by atoms with Crippen molar-refractivity contribution in [1.29, 1.82) is 0 Å². The van der Waals surface area contributed by atoms with E-state index in [2.05, 4.69) is 24.3 Å². The molecule has 5 nitrogen and oxygen atoms in total. The number of carbonyl (C=O) groups excluding carboxylic acids is 1. The van der Waals surface area contributed by atoms with Crippen LogP contribution in [0.4, 0.5) is 4.79 Å². The Balaban J connectivity index is 2.37. The minimum Gasteiger partial charge on any atom is -0.439 e. The van der Waals surface area contributed by atoms with Crippen molar-refractivity contribution < 1.29 is 9.53 Å². The van der Waals surface area contributed by atoms with E-state index < -0.39 is 0 Å². The zero-order valence-electron chi connectivity index (χ0n) is 10.1. The fourth-order valence-electron chi connectivity index (χ4n) is 2.19. The van der Waals surface area contributed by atoms with Crippen LogP contribution in [-0.4, -0.2) is 22.4 Å². The molecule has 16 heavy (non-hydrogen) atoms. The van der Waals surface area contributed by atoms with Crippen LogP contribution < -0.4 is 5.32 Å². The number of alkyl carbamates (subject to hydrolysis) is 1. The van der Waals surface area contributed by atoms with Crippen molar-refractivity contribution in [2.24, 2.45) is 0 Å². The fraction of sp³-hybridized carbons (Fsp3) is 0.636. The van der Waals surface area contributed by atoms with E-state index in [0.717, 1.165) is 17.0 Å². The number of rotatable bonds is 2. The molecule has 1 N–H and O–H groups in total. The van der Waals surface area contributed by atoms with E-state index in [9.17, 15) is 4.79 Å². The van der Waals surface area contributed by atoms with Crippen molar-refractivity contribution >= 4 is 6.09 Å². The maximum absolute atomic E-state index is 11.0. The number of carbonyl (C=O) groups is 1. The van der Waals surface area contributed by atoms with E-state index in [-0.39, 0.29) is 12.2 Å².